The van der Waals surface area contributed by atoms with Crippen molar-refractivity contribution in [2.45, 2.75) is 31.8 Å². The number of hydrogen-bond donors (Lipinski definition) is 2. The van der Waals surface area contributed by atoms with Crippen molar-refractivity contribution < 1.29 is 14.3 Å². The minimum Gasteiger partial charge on any atom is -0.483 e. The number of nitrogens with two attached hydrogens (primary N) is 1. The van der Waals surface area contributed by atoms with Crippen molar-refractivity contribution in [1.29, 1.82) is 0 Å². The van der Waals surface area contributed by atoms with Crippen LogP contribution in [0.1, 0.15) is 31.2 Å². The molecule has 1 heterocycles. The highest BCUT2D eigenvalue weighted by Gasteiger charge is 2.60. The van der Waals surface area contributed by atoms with Gasteiger partial charge in [0, 0.05) is 13.0 Å². The molecule has 0 radical (unpaired) electrons. The first-order valence-electron chi connectivity index (χ1n) is 7.97. The van der Waals surface area contributed by atoms with Gasteiger partial charge in [0.1, 0.15) is 11.5 Å². The minimum atomic E-state index is -0.906. The van der Waals surface area contributed by atoms with Crippen LogP contribution in [0.25, 0.3) is 0 Å². The second-order valence-corrected chi connectivity index (χ2v) is 6.40. The van der Waals surface area contributed by atoms with Crippen molar-refractivity contribution >= 4 is 11.8 Å². The summed E-state index contributed by atoms with van der Waals surface area (Å²) < 4.78 is 5.96. The Morgan fingerprint density at radius 2 is 1.96 bits per heavy atom. The van der Waals surface area contributed by atoms with Gasteiger partial charge >= 0.3 is 0 Å². The molecule has 3 atom stereocenters. The standard InChI is InChI=1S/C18H22N2O3/c1-11(12-6-4-3-5-7-12)15-18(17(19)22,13-8-9-13)10-14(23-15)16(21)20-2/h3-7,10-11,13,15H,8-9H2,1-2H3,(H2,19,22)(H,20,21). The highest BCUT2D eigenvalue weighted by Crippen LogP contribution is 2.56. The van der Waals surface area contributed by atoms with Crippen LogP contribution >= 0.6 is 0 Å². The highest BCUT2D eigenvalue weighted by atomic mass is 16.5. The second kappa shape index (κ2) is 5.72. The number of carbonyl (C=O) groups is 2. The van der Waals surface area contributed by atoms with Gasteiger partial charge in [-0.15, -0.1) is 0 Å². The number of nitrogens with one attached hydrogen (secondary N) is 1. The number of ether oxygens (including phenoxy) is 1. The molecule has 2 amide bonds. The van der Waals surface area contributed by atoms with E-state index in [1.165, 1.54) is 0 Å². The Balaban J connectivity index is 2.01. The summed E-state index contributed by atoms with van der Waals surface area (Å²) in [6, 6.07) is 9.87. The van der Waals surface area contributed by atoms with Crippen molar-refractivity contribution in [2.75, 3.05) is 7.05 Å². The molecular weight excluding hydrogens is 292 g/mol. The Kier molecular flexibility index (Phi) is 3.88. The molecule has 0 saturated heterocycles. The largest absolute Gasteiger partial charge is 0.483 e. The average molecular weight is 314 g/mol. The van der Waals surface area contributed by atoms with Crippen LogP contribution in [-0.4, -0.2) is 25.0 Å². The lowest BCUT2D eigenvalue weighted by Gasteiger charge is -2.34. The first-order chi connectivity index (χ1) is 11.0. The second-order valence-electron chi connectivity index (χ2n) is 6.40. The molecule has 0 aromatic heterocycles. The Labute approximate surface area is 135 Å². The van der Waals surface area contributed by atoms with Crippen LogP contribution in [-0.2, 0) is 14.3 Å². The quantitative estimate of drug-likeness (QED) is 0.868. The van der Waals surface area contributed by atoms with E-state index in [4.69, 9.17) is 10.5 Å². The van der Waals surface area contributed by atoms with Gasteiger partial charge in [0.2, 0.25) is 5.91 Å². The van der Waals surface area contributed by atoms with Gasteiger partial charge in [-0.05, 0) is 30.4 Å². The first-order valence-corrected chi connectivity index (χ1v) is 7.97. The zero-order valence-corrected chi connectivity index (χ0v) is 13.4. The van der Waals surface area contributed by atoms with E-state index in [-0.39, 0.29) is 23.5 Å². The molecule has 2 aliphatic rings. The zero-order chi connectivity index (χ0) is 16.6. The smallest absolute Gasteiger partial charge is 0.285 e. The van der Waals surface area contributed by atoms with E-state index in [1.807, 2.05) is 37.3 Å². The van der Waals surface area contributed by atoms with Crippen LogP contribution in [0.15, 0.2) is 42.2 Å². The van der Waals surface area contributed by atoms with E-state index in [0.29, 0.717) is 0 Å². The van der Waals surface area contributed by atoms with Gasteiger partial charge in [-0.25, -0.2) is 0 Å². The van der Waals surface area contributed by atoms with Gasteiger partial charge in [0.05, 0.1) is 0 Å². The third-order valence-corrected chi connectivity index (χ3v) is 5.00. The molecule has 1 aromatic carbocycles. The van der Waals surface area contributed by atoms with Gasteiger partial charge in [0.25, 0.3) is 5.91 Å². The van der Waals surface area contributed by atoms with Crippen LogP contribution in [0.4, 0.5) is 0 Å². The highest BCUT2D eigenvalue weighted by molar-refractivity contribution is 5.95. The number of rotatable bonds is 5. The summed E-state index contributed by atoms with van der Waals surface area (Å²) in [7, 11) is 1.55. The van der Waals surface area contributed by atoms with Gasteiger partial charge in [0.15, 0.2) is 5.76 Å². The Bertz CT molecular complexity index is 651. The minimum absolute atomic E-state index is 0.0530. The molecule has 23 heavy (non-hydrogen) atoms. The summed E-state index contributed by atoms with van der Waals surface area (Å²) in [5, 5.41) is 2.56. The van der Waals surface area contributed by atoms with Crippen molar-refractivity contribution in [1.82, 2.24) is 5.32 Å². The molecule has 1 aliphatic carbocycles. The normalized spacial score (nSPS) is 27.7. The third-order valence-electron chi connectivity index (χ3n) is 5.00. The van der Waals surface area contributed by atoms with E-state index < -0.39 is 17.4 Å². The van der Waals surface area contributed by atoms with Crippen molar-refractivity contribution in [2.24, 2.45) is 17.1 Å². The van der Waals surface area contributed by atoms with Gasteiger partial charge in [-0.2, -0.15) is 0 Å². The lowest BCUT2D eigenvalue weighted by Crippen LogP contribution is -2.47. The van der Waals surface area contributed by atoms with E-state index in [1.54, 1.807) is 13.1 Å². The number of primary amides is 1. The SMILES string of the molecule is CNC(=O)C1=CC(C(N)=O)(C2CC2)C(C(C)c2ccccc2)O1. The number of carbonyl (C=O) groups excluding carboxylic acids is 2. The molecule has 3 unspecified atom stereocenters. The van der Waals surface area contributed by atoms with Crippen LogP contribution in [0.5, 0.6) is 0 Å². The van der Waals surface area contributed by atoms with Crippen molar-refractivity contribution in [3.8, 4) is 0 Å². The predicted molar refractivity (Wildman–Crippen MR) is 86.2 cm³/mol. The summed E-state index contributed by atoms with van der Waals surface area (Å²) in [5.74, 6) is -0.433. The average Bonchev–Trinajstić information content (AvgIpc) is 3.34. The number of likely N-dealkylation sites (N-methyl/N-ethyl adjacent to an activating group) is 1. The van der Waals surface area contributed by atoms with Gasteiger partial charge in [-0.3, -0.25) is 9.59 Å². The third kappa shape index (κ3) is 2.50. The molecule has 3 rings (SSSR count). The Morgan fingerprint density at radius 3 is 2.48 bits per heavy atom. The number of hydrogen-bond acceptors (Lipinski definition) is 3. The lowest BCUT2D eigenvalue weighted by atomic mass is 9.71. The maximum absolute atomic E-state index is 12.4. The molecule has 1 fully saturated rings. The molecule has 5 heteroatoms. The van der Waals surface area contributed by atoms with Crippen LogP contribution in [0.3, 0.4) is 0 Å². The van der Waals surface area contributed by atoms with Gasteiger partial charge in [-0.1, -0.05) is 37.3 Å². The first kappa shape index (κ1) is 15.6. The fourth-order valence-electron chi connectivity index (χ4n) is 3.58. The lowest BCUT2D eigenvalue weighted by molar-refractivity contribution is -0.133. The molecule has 3 N–H and O–H groups in total. The summed E-state index contributed by atoms with van der Waals surface area (Å²) in [6.07, 6.45) is 3.07. The summed E-state index contributed by atoms with van der Waals surface area (Å²) >= 11 is 0. The Hall–Kier alpha value is -2.30. The van der Waals surface area contributed by atoms with Crippen molar-refractivity contribution in [3.63, 3.8) is 0 Å². The van der Waals surface area contributed by atoms with Crippen LogP contribution < -0.4 is 11.1 Å². The number of amides is 2. The monoisotopic (exact) mass is 314 g/mol. The zero-order valence-electron chi connectivity index (χ0n) is 13.4. The summed E-state index contributed by atoms with van der Waals surface area (Å²) in [4.78, 5) is 24.4. The molecule has 0 spiro atoms. The molecule has 1 aromatic rings. The van der Waals surface area contributed by atoms with Crippen LogP contribution in [0, 0.1) is 11.3 Å². The maximum Gasteiger partial charge on any atom is 0.285 e. The fourth-order valence-corrected chi connectivity index (χ4v) is 3.58. The molecular formula is C18H22N2O3. The van der Waals surface area contributed by atoms with E-state index in [2.05, 4.69) is 5.32 Å². The maximum atomic E-state index is 12.4. The van der Waals surface area contributed by atoms with Crippen molar-refractivity contribution in [3.05, 3.63) is 47.7 Å². The van der Waals surface area contributed by atoms with E-state index >= 15 is 0 Å². The van der Waals surface area contributed by atoms with E-state index in [0.717, 1.165) is 18.4 Å². The van der Waals surface area contributed by atoms with Gasteiger partial charge < -0.3 is 15.8 Å². The predicted octanol–water partition coefficient (Wildman–Crippen LogP) is 1.70. The summed E-state index contributed by atoms with van der Waals surface area (Å²) in [5.41, 5.74) is 5.95. The topological polar surface area (TPSA) is 81.4 Å². The van der Waals surface area contributed by atoms with E-state index in [9.17, 15) is 9.59 Å². The molecule has 1 saturated carbocycles. The summed E-state index contributed by atoms with van der Waals surface area (Å²) in [6.45, 7) is 2.01. The van der Waals surface area contributed by atoms with Crippen LogP contribution in [0.2, 0.25) is 0 Å². The Morgan fingerprint density at radius 1 is 1.30 bits per heavy atom. The molecule has 0 bridgehead atoms. The molecule has 5 nitrogen and oxygen atoms in total. The fraction of sp³-hybridized carbons (Fsp3) is 0.444. The molecule has 1 aliphatic heterocycles. The molecule has 122 valence electrons. The number of benzene rings is 1.